The van der Waals surface area contributed by atoms with Gasteiger partial charge in [0.2, 0.25) is 11.8 Å². The van der Waals surface area contributed by atoms with Crippen molar-refractivity contribution >= 4 is 23.2 Å². The highest BCUT2D eigenvalue weighted by Gasteiger charge is 2.41. The summed E-state index contributed by atoms with van der Waals surface area (Å²) in [6.07, 6.45) is 2.58. The number of nitrogens with zero attached hydrogens (tertiary/aromatic N) is 1. The number of amides is 2. The molecule has 0 spiro atoms. The highest BCUT2D eigenvalue weighted by atomic mass is 32.1. The van der Waals surface area contributed by atoms with E-state index in [-0.39, 0.29) is 23.8 Å². The van der Waals surface area contributed by atoms with Gasteiger partial charge in [-0.1, -0.05) is 6.07 Å². The van der Waals surface area contributed by atoms with E-state index in [1.165, 1.54) is 0 Å². The van der Waals surface area contributed by atoms with E-state index in [2.05, 4.69) is 5.32 Å². The van der Waals surface area contributed by atoms with Crippen LogP contribution in [0.25, 0.3) is 0 Å². The van der Waals surface area contributed by atoms with Crippen LogP contribution in [-0.2, 0) is 9.59 Å². The number of hydrogen-bond acceptors (Lipinski definition) is 3. The number of rotatable bonds is 4. The summed E-state index contributed by atoms with van der Waals surface area (Å²) in [6.45, 7) is 2.59. The van der Waals surface area contributed by atoms with Crippen molar-refractivity contribution in [3.05, 3.63) is 22.4 Å². The van der Waals surface area contributed by atoms with Gasteiger partial charge in [0.15, 0.2) is 0 Å². The van der Waals surface area contributed by atoms with Gasteiger partial charge in [-0.15, -0.1) is 11.3 Å². The van der Waals surface area contributed by atoms with Crippen LogP contribution in [0.2, 0.25) is 0 Å². The Labute approximate surface area is 116 Å². The Morgan fingerprint density at radius 3 is 2.95 bits per heavy atom. The van der Waals surface area contributed by atoms with Gasteiger partial charge >= 0.3 is 0 Å². The van der Waals surface area contributed by atoms with Crippen molar-refractivity contribution in [1.82, 2.24) is 10.2 Å². The van der Waals surface area contributed by atoms with E-state index in [1.807, 2.05) is 29.3 Å². The van der Waals surface area contributed by atoms with Crippen molar-refractivity contribution in [2.24, 2.45) is 5.92 Å². The second-order valence-corrected chi connectivity index (χ2v) is 6.40. The van der Waals surface area contributed by atoms with E-state index < -0.39 is 0 Å². The zero-order valence-corrected chi connectivity index (χ0v) is 11.8. The summed E-state index contributed by atoms with van der Waals surface area (Å²) in [4.78, 5) is 27.1. The number of carbonyl (C=O) groups excluding carboxylic acids is 2. The molecule has 1 aliphatic carbocycles. The van der Waals surface area contributed by atoms with Gasteiger partial charge < -0.3 is 10.2 Å². The molecule has 1 aliphatic heterocycles. The highest BCUT2D eigenvalue weighted by Crippen LogP contribution is 2.32. The molecule has 0 bridgehead atoms. The van der Waals surface area contributed by atoms with Crippen molar-refractivity contribution in [2.75, 3.05) is 6.54 Å². The molecule has 2 atom stereocenters. The van der Waals surface area contributed by atoms with Crippen LogP contribution in [-0.4, -0.2) is 29.3 Å². The van der Waals surface area contributed by atoms with E-state index in [0.717, 1.165) is 17.7 Å². The van der Waals surface area contributed by atoms with E-state index in [9.17, 15) is 9.59 Å². The molecule has 0 aromatic carbocycles. The molecule has 3 rings (SSSR count). The smallest absolute Gasteiger partial charge is 0.225 e. The summed E-state index contributed by atoms with van der Waals surface area (Å²) in [5.41, 5.74) is 0. The summed E-state index contributed by atoms with van der Waals surface area (Å²) in [5, 5.41) is 5.02. The Bertz CT molecular complexity index is 482. The number of likely N-dealkylation sites (tertiary alicyclic amines) is 1. The molecule has 2 aliphatic rings. The Kier molecular flexibility index (Phi) is 3.31. The molecule has 1 saturated heterocycles. The summed E-state index contributed by atoms with van der Waals surface area (Å²) in [7, 11) is 0. The maximum absolute atomic E-state index is 12.2. The van der Waals surface area contributed by atoms with E-state index in [0.29, 0.717) is 19.0 Å². The van der Waals surface area contributed by atoms with E-state index in [4.69, 9.17) is 0 Å². The highest BCUT2D eigenvalue weighted by molar-refractivity contribution is 7.10. The Hall–Kier alpha value is -1.36. The molecule has 1 N–H and O–H groups in total. The maximum Gasteiger partial charge on any atom is 0.225 e. The molecule has 0 unspecified atom stereocenters. The minimum absolute atomic E-state index is 0.0115. The quantitative estimate of drug-likeness (QED) is 0.915. The average Bonchev–Trinajstić information content (AvgIpc) is 2.92. The van der Waals surface area contributed by atoms with Crippen molar-refractivity contribution in [2.45, 2.75) is 38.3 Å². The minimum Gasteiger partial charge on any atom is -0.348 e. The fraction of sp³-hybridized carbons (Fsp3) is 0.571. The van der Waals surface area contributed by atoms with Crippen molar-refractivity contribution in [3.8, 4) is 0 Å². The molecule has 1 aromatic heterocycles. The SMILES string of the molecule is C[C@H](NC(=O)[C@@H]1CC(=O)N(C2CC2)C1)c1cccs1. The molecule has 2 heterocycles. The molecular weight excluding hydrogens is 260 g/mol. The van der Waals surface area contributed by atoms with Crippen LogP contribution < -0.4 is 5.32 Å². The fourth-order valence-electron chi connectivity index (χ4n) is 2.59. The second-order valence-electron chi connectivity index (χ2n) is 5.42. The summed E-state index contributed by atoms with van der Waals surface area (Å²) >= 11 is 1.64. The number of nitrogens with one attached hydrogen (secondary N) is 1. The van der Waals surface area contributed by atoms with Crippen LogP contribution in [0.1, 0.15) is 37.1 Å². The predicted molar refractivity (Wildman–Crippen MR) is 73.7 cm³/mol. The van der Waals surface area contributed by atoms with Crippen molar-refractivity contribution in [1.29, 1.82) is 0 Å². The number of thiophene rings is 1. The first kappa shape index (κ1) is 12.7. The molecule has 0 radical (unpaired) electrons. The minimum atomic E-state index is -0.171. The lowest BCUT2D eigenvalue weighted by Crippen LogP contribution is -2.34. The summed E-state index contributed by atoms with van der Waals surface area (Å²) in [6, 6.07) is 4.44. The molecule has 1 aromatic rings. The van der Waals surface area contributed by atoms with Crippen LogP contribution in [0.15, 0.2) is 17.5 Å². The summed E-state index contributed by atoms with van der Waals surface area (Å²) < 4.78 is 0. The van der Waals surface area contributed by atoms with Crippen molar-refractivity contribution in [3.63, 3.8) is 0 Å². The third kappa shape index (κ3) is 2.66. The first-order valence-electron chi connectivity index (χ1n) is 6.78. The largest absolute Gasteiger partial charge is 0.348 e. The maximum atomic E-state index is 12.2. The van der Waals surface area contributed by atoms with Crippen LogP contribution in [0.3, 0.4) is 0 Å². The first-order valence-corrected chi connectivity index (χ1v) is 7.66. The summed E-state index contributed by atoms with van der Waals surface area (Å²) in [5.74, 6) is -0.0145. The van der Waals surface area contributed by atoms with E-state index in [1.54, 1.807) is 11.3 Å². The molecular formula is C14H18N2O2S. The van der Waals surface area contributed by atoms with Gasteiger partial charge in [0.1, 0.15) is 0 Å². The molecule has 5 heteroatoms. The fourth-order valence-corrected chi connectivity index (χ4v) is 3.32. The number of hydrogen-bond donors (Lipinski definition) is 1. The Morgan fingerprint density at radius 2 is 2.32 bits per heavy atom. The van der Waals surface area contributed by atoms with E-state index >= 15 is 0 Å². The topological polar surface area (TPSA) is 49.4 Å². The second kappa shape index (κ2) is 4.96. The van der Waals surface area contributed by atoms with Crippen LogP contribution in [0.4, 0.5) is 0 Å². The van der Waals surface area contributed by atoms with Gasteiger partial charge in [-0.05, 0) is 31.2 Å². The van der Waals surface area contributed by atoms with Crippen molar-refractivity contribution < 1.29 is 9.59 Å². The standard InChI is InChI=1S/C14H18N2O2S/c1-9(12-3-2-6-19-12)15-14(18)10-7-13(17)16(8-10)11-4-5-11/h2-3,6,9-11H,4-5,7-8H2,1H3,(H,15,18)/t9-,10+/m0/s1. The third-order valence-electron chi connectivity index (χ3n) is 3.85. The monoisotopic (exact) mass is 278 g/mol. The van der Waals surface area contributed by atoms with Gasteiger partial charge in [0, 0.05) is 23.9 Å². The Morgan fingerprint density at radius 1 is 1.53 bits per heavy atom. The van der Waals surface area contributed by atoms with Gasteiger partial charge in [0.25, 0.3) is 0 Å². The first-order chi connectivity index (χ1) is 9.15. The zero-order chi connectivity index (χ0) is 13.4. The average molecular weight is 278 g/mol. The van der Waals surface area contributed by atoms with Crippen LogP contribution >= 0.6 is 11.3 Å². The van der Waals surface area contributed by atoms with Gasteiger partial charge in [-0.2, -0.15) is 0 Å². The predicted octanol–water partition coefficient (Wildman–Crippen LogP) is 1.94. The molecule has 1 saturated carbocycles. The Balaban J connectivity index is 1.57. The van der Waals surface area contributed by atoms with Crippen LogP contribution in [0.5, 0.6) is 0 Å². The zero-order valence-electron chi connectivity index (χ0n) is 11.0. The van der Waals surface area contributed by atoms with Crippen LogP contribution in [0, 0.1) is 5.92 Å². The lowest BCUT2D eigenvalue weighted by Gasteiger charge is -2.17. The molecule has 4 nitrogen and oxygen atoms in total. The van der Waals surface area contributed by atoms with Gasteiger partial charge in [-0.25, -0.2) is 0 Å². The molecule has 2 amide bonds. The van der Waals surface area contributed by atoms with Gasteiger partial charge in [-0.3, -0.25) is 9.59 Å². The normalized spacial score (nSPS) is 24.6. The molecule has 102 valence electrons. The number of carbonyl (C=O) groups is 2. The lowest BCUT2D eigenvalue weighted by molar-refractivity contribution is -0.129. The van der Waals surface area contributed by atoms with Gasteiger partial charge in [0.05, 0.1) is 12.0 Å². The third-order valence-corrected chi connectivity index (χ3v) is 4.90. The molecule has 19 heavy (non-hydrogen) atoms. The lowest BCUT2D eigenvalue weighted by atomic mass is 10.1. The molecule has 2 fully saturated rings.